The molecule has 0 radical (unpaired) electrons. The lowest BCUT2D eigenvalue weighted by Gasteiger charge is -2.00. The minimum absolute atomic E-state index is 0. The third-order valence-electron chi connectivity index (χ3n) is 2.64. The van der Waals surface area contributed by atoms with Crippen LogP contribution in [0, 0.1) is 0 Å². The van der Waals surface area contributed by atoms with Gasteiger partial charge < -0.3 is 5.73 Å². The highest BCUT2D eigenvalue weighted by Gasteiger charge is 2.17. The lowest BCUT2D eigenvalue weighted by molar-refractivity contribution is 0.721. The van der Waals surface area contributed by atoms with E-state index in [0.29, 0.717) is 6.04 Å². The lowest BCUT2D eigenvalue weighted by atomic mass is 10.1. The maximum Gasteiger partial charge on any atom is 0.0120 e. The Kier molecular flexibility index (Phi) is 3.34. The van der Waals surface area contributed by atoms with Crippen LogP contribution in [0.1, 0.15) is 23.6 Å². The van der Waals surface area contributed by atoms with E-state index in [1.165, 1.54) is 16.7 Å². The minimum atomic E-state index is 0. The first-order valence-corrected chi connectivity index (χ1v) is 4.66. The monoisotopic (exact) mass is 197 g/mol. The van der Waals surface area contributed by atoms with Crippen molar-refractivity contribution in [2.75, 3.05) is 0 Å². The van der Waals surface area contributed by atoms with Crippen LogP contribution < -0.4 is 5.73 Å². The summed E-state index contributed by atoms with van der Waals surface area (Å²) in [7, 11) is 0. The van der Waals surface area contributed by atoms with Crippen LogP contribution in [0.2, 0.25) is 0 Å². The van der Waals surface area contributed by atoms with Gasteiger partial charge >= 0.3 is 0 Å². The Bertz CT molecular complexity index is 296. The Morgan fingerprint density at radius 2 is 2.00 bits per heavy atom. The summed E-state index contributed by atoms with van der Waals surface area (Å²) in [6.45, 7) is 2.19. The zero-order chi connectivity index (χ0) is 8.55. The van der Waals surface area contributed by atoms with Gasteiger partial charge in [-0.1, -0.05) is 25.1 Å². The number of hydrogen-bond donors (Lipinski definition) is 1. The molecule has 1 aliphatic rings. The molecule has 0 aliphatic heterocycles. The van der Waals surface area contributed by atoms with E-state index in [9.17, 15) is 0 Å². The molecule has 1 aromatic rings. The molecule has 72 valence electrons. The normalized spacial score (nSPS) is 19.4. The van der Waals surface area contributed by atoms with Crippen molar-refractivity contribution in [2.45, 2.75) is 32.2 Å². The van der Waals surface area contributed by atoms with Crippen LogP contribution in [0.5, 0.6) is 0 Å². The number of hydrogen-bond acceptors (Lipinski definition) is 1. The molecule has 2 rings (SSSR count). The predicted molar refractivity (Wildman–Crippen MR) is 58.5 cm³/mol. The van der Waals surface area contributed by atoms with Crippen LogP contribution in [-0.2, 0) is 19.3 Å². The first-order valence-electron chi connectivity index (χ1n) is 4.66. The fourth-order valence-corrected chi connectivity index (χ4v) is 1.93. The number of rotatable bonds is 1. The summed E-state index contributed by atoms with van der Waals surface area (Å²) in [6, 6.07) is 7.13. The summed E-state index contributed by atoms with van der Waals surface area (Å²) >= 11 is 0. The quantitative estimate of drug-likeness (QED) is 0.733. The van der Waals surface area contributed by atoms with E-state index in [1.54, 1.807) is 0 Å². The van der Waals surface area contributed by atoms with Crippen molar-refractivity contribution in [3.05, 3.63) is 34.9 Å². The molecule has 1 aliphatic carbocycles. The van der Waals surface area contributed by atoms with Gasteiger partial charge in [-0.25, -0.2) is 0 Å². The molecule has 2 heteroatoms. The summed E-state index contributed by atoms with van der Waals surface area (Å²) in [4.78, 5) is 0. The molecule has 0 saturated heterocycles. The Morgan fingerprint density at radius 3 is 2.69 bits per heavy atom. The lowest BCUT2D eigenvalue weighted by Crippen LogP contribution is -2.18. The van der Waals surface area contributed by atoms with E-state index in [1.807, 2.05) is 0 Å². The summed E-state index contributed by atoms with van der Waals surface area (Å²) in [5, 5.41) is 0. The maximum absolute atomic E-state index is 5.88. The molecule has 0 bridgehead atoms. The fourth-order valence-electron chi connectivity index (χ4n) is 1.93. The van der Waals surface area contributed by atoms with E-state index >= 15 is 0 Å². The molecule has 1 unspecified atom stereocenters. The van der Waals surface area contributed by atoms with Crippen molar-refractivity contribution >= 4 is 12.4 Å². The summed E-state index contributed by atoms with van der Waals surface area (Å²) in [6.07, 6.45) is 3.27. The van der Waals surface area contributed by atoms with E-state index in [-0.39, 0.29) is 12.4 Å². The third-order valence-corrected chi connectivity index (χ3v) is 2.64. The molecule has 0 spiro atoms. The van der Waals surface area contributed by atoms with E-state index in [4.69, 9.17) is 5.73 Å². The van der Waals surface area contributed by atoms with Crippen molar-refractivity contribution in [3.63, 3.8) is 0 Å². The average Bonchev–Trinajstić information content (AvgIpc) is 2.43. The van der Waals surface area contributed by atoms with Gasteiger partial charge in [-0.15, -0.1) is 12.4 Å². The molecule has 0 aromatic heterocycles. The smallest absolute Gasteiger partial charge is 0.0120 e. The van der Waals surface area contributed by atoms with Gasteiger partial charge in [0.2, 0.25) is 0 Å². The molecule has 13 heavy (non-hydrogen) atoms. The SMILES string of the molecule is CCc1ccc2c(c1)CC(N)C2.Cl. The van der Waals surface area contributed by atoms with Gasteiger partial charge in [0.15, 0.2) is 0 Å². The van der Waals surface area contributed by atoms with Crippen molar-refractivity contribution in [3.8, 4) is 0 Å². The zero-order valence-corrected chi connectivity index (χ0v) is 8.73. The van der Waals surface area contributed by atoms with Gasteiger partial charge in [-0.2, -0.15) is 0 Å². The highest BCUT2D eigenvalue weighted by molar-refractivity contribution is 5.85. The van der Waals surface area contributed by atoms with Crippen LogP contribution in [0.4, 0.5) is 0 Å². The van der Waals surface area contributed by atoms with Gasteiger partial charge in [0.05, 0.1) is 0 Å². The second-order valence-electron chi connectivity index (χ2n) is 3.62. The Morgan fingerprint density at radius 1 is 1.31 bits per heavy atom. The van der Waals surface area contributed by atoms with Crippen LogP contribution in [-0.4, -0.2) is 6.04 Å². The van der Waals surface area contributed by atoms with Gasteiger partial charge in [0.25, 0.3) is 0 Å². The second kappa shape index (κ2) is 4.12. The number of benzene rings is 1. The van der Waals surface area contributed by atoms with Crippen LogP contribution in [0.25, 0.3) is 0 Å². The standard InChI is InChI=1S/C11H15N.ClH/c1-2-8-3-4-9-6-11(12)7-10(9)5-8;/h3-5,11H,2,6-7,12H2,1H3;1H. The summed E-state index contributed by atoms with van der Waals surface area (Å²) in [5.74, 6) is 0. The number of fused-ring (bicyclic) bond motifs is 1. The van der Waals surface area contributed by atoms with Crippen LogP contribution >= 0.6 is 12.4 Å². The second-order valence-corrected chi connectivity index (χ2v) is 3.62. The maximum atomic E-state index is 5.88. The van der Waals surface area contributed by atoms with Crippen molar-refractivity contribution in [1.29, 1.82) is 0 Å². The van der Waals surface area contributed by atoms with Gasteiger partial charge in [0, 0.05) is 6.04 Å². The molecule has 0 fully saturated rings. The predicted octanol–water partition coefficient (Wildman–Crippen LogP) is 2.10. The Hall–Kier alpha value is -0.530. The highest BCUT2D eigenvalue weighted by atomic mass is 35.5. The van der Waals surface area contributed by atoms with E-state index in [2.05, 4.69) is 25.1 Å². The molecule has 0 amide bonds. The van der Waals surface area contributed by atoms with Gasteiger partial charge in [-0.05, 0) is 36.0 Å². The number of nitrogens with two attached hydrogens (primary N) is 1. The van der Waals surface area contributed by atoms with Gasteiger partial charge in [-0.3, -0.25) is 0 Å². The molecule has 1 atom stereocenters. The molecular weight excluding hydrogens is 182 g/mol. The largest absolute Gasteiger partial charge is 0.327 e. The fraction of sp³-hybridized carbons (Fsp3) is 0.455. The summed E-state index contributed by atoms with van der Waals surface area (Å²) < 4.78 is 0. The van der Waals surface area contributed by atoms with Crippen LogP contribution in [0.15, 0.2) is 18.2 Å². The first-order chi connectivity index (χ1) is 5.79. The molecule has 0 heterocycles. The first kappa shape index (κ1) is 10.6. The topological polar surface area (TPSA) is 26.0 Å². The van der Waals surface area contributed by atoms with E-state index in [0.717, 1.165) is 19.3 Å². The molecule has 0 saturated carbocycles. The number of aryl methyl sites for hydroxylation is 1. The summed E-state index contributed by atoms with van der Waals surface area (Å²) in [5.41, 5.74) is 10.2. The average molecular weight is 198 g/mol. The number of halogens is 1. The van der Waals surface area contributed by atoms with Crippen molar-refractivity contribution in [2.24, 2.45) is 5.73 Å². The molecular formula is C11H16ClN. The van der Waals surface area contributed by atoms with Crippen LogP contribution in [0.3, 0.4) is 0 Å². The third kappa shape index (κ3) is 2.04. The Labute approximate surface area is 85.7 Å². The van der Waals surface area contributed by atoms with E-state index < -0.39 is 0 Å². The molecule has 2 N–H and O–H groups in total. The highest BCUT2D eigenvalue weighted by Crippen LogP contribution is 2.22. The van der Waals surface area contributed by atoms with Crippen molar-refractivity contribution in [1.82, 2.24) is 0 Å². The molecule has 1 nitrogen and oxygen atoms in total. The van der Waals surface area contributed by atoms with Gasteiger partial charge in [0.1, 0.15) is 0 Å². The van der Waals surface area contributed by atoms with Crippen molar-refractivity contribution < 1.29 is 0 Å². The minimum Gasteiger partial charge on any atom is -0.327 e. The zero-order valence-electron chi connectivity index (χ0n) is 7.92. The molecule has 1 aromatic carbocycles. The Balaban J connectivity index is 0.000000845.